The van der Waals surface area contributed by atoms with Gasteiger partial charge in [-0.3, -0.25) is 0 Å². The Labute approximate surface area is 188 Å². The van der Waals surface area contributed by atoms with Crippen LogP contribution in [0.15, 0.2) is 60.7 Å². The lowest BCUT2D eigenvalue weighted by Crippen LogP contribution is -2.13. The van der Waals surface area contributed by atoms with E-state index in [1.807, 2.05) is 6.07 Å². The van der Waals surface area contributed by atoms with E-state index >= 15 is 0 Å². The number of hydrogen-bond donors (Lipinski definition) is 0. The van der Waals surface area contributed by atoms with E-state index in [1.165, 1.54) is 73.3 Å². The van der Waals surface area contributed by atoms with Crippen molar-refractivity contribution in [3.8, 4) is 5.75 Å². The first-order valence-electron chi connectivity index (χ1n) is 12.4. The Bertz CT molecular complexity index is 948. The Morgan fingerprint density at radius 1 is 0.742 bits per heavy atom. The standard InChI is InChI=1S/C30H38O/c1-3-4-5-6-23-9-14-26(15-10-23)27-16-11-24(12-17-27)7-8-25-13-18-29-22-30(31-2)20-19-28(29)21-25/h11-13,16-23,26H,3-10,14-15H2,1-2H3. The van der Waals surface area contributed by atoms with Gasteiger partial charge in [0, 0.05) is 0 Å². The van der Waals surface area contributed by atoms with Gasteiger partial charge in [0.05, 0.1) is 7.11 Å². The highest BCUT2D eigenvalue weighted by Gasteiger charge is 2.21. The highest BCUT2D eigenvalue weighted by Crippen LogP contribution is 2.37. The summed E-state index contributed by atoms with van der Waals surface area (Å²) in [7, 11) is 1.72. The molecule has 1 heteroatoms. The third-order valence-corrected chi connectivity index (χ3v) is 7.33. The zero-order chi connectivity index (χ0) is 21.5. The second-order valence-corrected chi connectivity index (χ2v) is 9.50. The summed E-state index contributed by atoms with van der Waals surface area (Å²) in [6.45, 7) is 2.31. The smallest absolute Gasteiger partial charge is 0.119 e. The maximum absolute atomic E-state index is 5.34. The van der Waals surface area contributed by atoms with Crippen molar-refractivity contribution in [2.45, 2.75) is 77.0 Å². The molecule has 31 heavy (non-hydrogen) atoms. The molecular formula is C30H38O. The molecule has 3 aromatic carbocycles. The van der Waals surface area contributed by atoms with E-state index in [0.717, 1.165) is 30.4 Å². The summed E-state index contributed by atoms with van der Waals surface area (Å²) in [5.74, 6) is 2.70. The van der Waals surface area contributed by atoms with Gasteiger partial charge in [-0.05, 0) is 90.0 Å². The first-order chi connectivity index (χ1) is 15.2. The predicted octanol–water partition coefficient (Wildman–Crippen LogP) is 8.49. The lowest BCUT2D eigenvalue weighted by atomic mass is 9.77. The quantitative estimate of drug-likeness (QED) is 0.319. The minimum absolute atomic E-state index is 0.786. The minimum Gasteiger partial charge on any atom is -0.497 e. The summed E-state index contributed by atoms with van der Waals surface area (Å²) in [6, 6.07) is 22.7. The van der Waals surface area contributed by atoms with Gasteiger partial charge in [-0.1, -0.05) is 81.1 Å². The summed E-state index contributed by atoms with van der Waals surface area (Å²) < 4.78 is 5.34. The average Bonchev–Trinajstić information content (AvgIpc) is 2.83. The predicted molar refractivity (Wildman–Crippen MR) is 133 cm³/mol. The van der Waals surface area contributed by atoms with E-state index < -0.39 is 0 Å². The Kier molecular flexibility index (Phi) is 7.67. The lowest BCUT2D eigenvalue weighted by molar-refractivity contribution is 0.303. The van der Waals surface area contributed by atoms with E-state index in [1.54, 1.807) is 12.7 Å². The molecule has 4 rings (SSSR count). The number of unbranched alkanes of at least 4 members (excludes halogenated alkanes) is 2. The number of aryl methyl sites for hydroxylation is 2. The van der Waals surface area contributed by atoms with Gasteiger partial charge in [0.1, 0.15) is 5.75 Å². The fraction of sp³-hybridized carbons (Fsp3) is 0.467. The van der Waals surface area contributed by atoms with Gasteiger partial charge in [0.25, 0.3) is 0 Å². The molecule has 1 aliphatic carbocycles. The fourth-order valence-electron chi connectivity index (χ4n) is 5.27. The number of rotatable bonds is 9. The maximum Gasteiger partial charge on any atom is 0.119 e. The number of hydrogen-bond acceptors (Lipinski definition) is 1. The molecule has 1 fully saturated rings. The van der Waals surface area contributed by atoms with Gasteiger partial charge in [-0.2, -0.15) is 0 Å². The van der Waals surface area contributed by atoms with Crippen molar-refractivity contribution >= 4 is 10.8 Å². The van der Waals surface area contributed by atoms with Gasteiger partial charge in [-0.15, -0.1) is 0 Å². The van der Waals surface area contributed by atoms with Crippen molar-refractivity contribution in [1.82, 2.24) is 0 Å². The zero-order valence-electron chi connectivity index (χ0n) is 19.4. The molecule has 0 aliphatic heterocycles. The molecule has 0 heterocycles. The van der Waals surface area contributed by atoms with Gasteiger partial charge >= 0.3 is 0 Å². The number of fused-ring (bicyclic) bond motifs is 1. The molecule has 0 amide bonds. The van der Waals surface area contributed by atoms with E-state index in [4.69, 9.17) is 4.74 Å². The molecule has 0 radical (unpaired) electrons. The van der Waals surface area contributed by atoms with E-state index in [-0.39, 0.29) is 0 Å². The second kappa shape index (κ2) is 10.8. The van der Waals surface area contributed by atoms with Crippen LogP contribution in [0.4, 0.5) is 0 Å². The van der Waals surface area contributed by atoms with Crippen LogP contribution in [0.5, 0.6) is 5.75 Å². The monoisotopic (exact) mass is 414 g/mol. The SMILES string of the molecule is CCCCCC1CCC(c2ccc(CCc3ccc4cc(OC)ccc4c3)cc2)CC1. The molecule has 1 aliphatic rings. The molecule has 3 aromatic rings. The van der Waals surface area contributed by atoms with Crippen LogP contribution in [-0.4, -0.2) is 7.11 Å². The van der Waals surface area contributed by atoms with Crippen LogP contribution in [0.3, 0.4) is 0 Å². The topological polar surface area (TPSA) is 9.23 Å². The van der Waals surface area contributed by atoms with Crippen LogP contribution in [0, 0.1) is 5.92 Å². The molecule has 0 spiro atoms. The Hall–Kier alpha value is -2.28. The molecule has 0 N–H and O–H groups in total. The van der Waals surface area contributed by atoms with Gasteiger partial charge in [0.2, 0.25) is 0 Å². The summed E-state index contributed by atoms with van der Waals surface area (Å²) in [4.78, 5) is 0. The van der Waals surface area contributed by atoms with Crippen molar-refractivity contribution in [2.75, 3.05) is 7.11 Å². The molecule has 0 atom stereocenters. The summed E-state index contributed by atoms with van der Waals surface area (Å²) in [5.41, 5.74) is 4.42. The van der Waals surface area contributed by atoms with Gasteiger partial charge in [-0.25, -0.2) is 0 Å². The Morgan fingerprint density at radius 2 is 1.42 bits per heavy atom. The molecular weight excluding hydrogens is 376 g/mol. The summed E-state index contributed by atoms with van der Waals surface area (Å²) in [6.07, 6.45) is 13.5. The van der Waals surface area contributed by atoms with Crippen LogP contribution in [0.1, 0.15) is 80.9 Å². The maximum atomic E-state index is 5.34. The van der Waals surface area contributed by atoms with Crippen LogP contribution in [0.25, 0.3) is 10.8 Å². The molecule has 0 bridgehead atoms. The third-order valence-electron chi connectivity index (χ3n) is 7.33. The lowest BCUT2D eigenvalue weighted by Gasteiger charge is -2.29. The van der Waals surface area contributed by atoms with Crippen molar-refractivity contribution in [1.29, 1.82) is 0 Å². The highest BCUT2D eigenvalue weighted by molar-refractivity contribution is 5.84. The summed E-state index contributed by atoms with van der Waals surface area (Å²) in [5, 5.41) is 2.53. The molecule has 1 saturated carbocycles. The first kappa shape index (κ1) is 21.9. The second-order valence-electron chi connectivity index (χ2n) is 9.50. The Balaban J connectivity index is 1.28. The van der Waals surface area contributed by atoms with Crippen molar-refractivity contribution in [3.63, 3.8) is 0 Å². The van der Waals surface area contributed by atoms with Gasteiger partial charge < -0.3 is 4.74 Å². The average molecular weight is 415 g/mol. The van der Waals surface area contributed by atoms with E-state index in [9.17, 15) is 0 Å². The van der Waals surface area contributed by atoms with Crippen LogP contribution in [-0.2, 0) is 12.8 Å². The van der Waals surface area contributed by atoms with Crippen LogP contribution >= 0.6 is 0 Å². The van der Waals surface area contributed by atoms with Crippen LogP contribution in [0.2, 0.25) is 0 Å². The van der Waals surface area contributed by atoms with Crippen molar-refractivity contribution in [2.24, 2.45) is 5.92 Å². The number of methoxy groups -OCH3 is 1. The normalized spacial score (nSPS) is 18.9. The minimum atomic E-state index is 0.786. The highest BCUT2D eigenvalue weighted by atomic mass is 16.5. The third kappa shape index (κ3) is 5.91. The number of ether oxygens (including phenoxy) is 1. The largest absolute Gasteiger partial charge is 0.497 e. The van der Waals surface area contributed by atoms with Crippen molar-refractivity contribution in [3.05, 3.63) is 77.4 Å². The molecule has 0 unspecified atom stereocenters. The number of benzene rings is 3. The molecule has 0 saturated heterocycles. The van der Waals surface area contributed by atoms with E-state index in [0.29, 0.717) is 0 Å². The van der Waals surface area contributed by atoms with E-state index in [2.05, 4.69) is 61.5 Å². The zero-order valence-corrected chi connectivity index (χ0v) is 19.4. The van der Waals surface area contributed by atoms with Gasteiger partial charge in [0.15, 0.2) is 0 Å². The summed E-state index contributed by atoms with van der Waals surface area (Å²) >= 11 is 0. The molecule has 1 nitrogen and oxygen atoms in total. The first-order valence-corrected chi connectivity index (χ1v) is 12.4. The van der Waals surface area contributed by atoms with Crippen molar-refractivity contribution < 1.29 is 4.74 Å². The van der Waals surface area contributed by atoms with Crippen LogP contribution < -0.4 is 4.74 Å². The Morgan fingerprint density at radius 3 is 2.16 bits per heavy atom. The molecule has 0 aromatic heterocycles. The molecule has 164 valence electrons. The fourth-order valence-corrected chi connectivity index (χ4v) is 5.27.